The monoisotopic (exact) mass is 385 g/mol. The predicted octanol–water partition coefficient (Wildman–Crippen LogP) is 3.90. The molecular formula is C14H16Cl2F3N3O2. The van der Waals surface area contributed by atoms with Gasteiger partial charge in [0, 0.05) is 12.2 Å². The maximum Gasteiger partial charge on any atom is 0.416 e. The van der Waals surface area contributed by atoms with Crippen LogP contribution in [0, 0.1) is 0 Å². The van der Waals surface area contributed by atoms with Crippen molar-refractivity contribution in [2.24, 2.45) is 5.73 Å². The topological polar surface area (TPSA) is 76.4 Å². The van der Waals surface area contributed by atoms with Crippen molar-refractivity contribution in [1.29, 1.82) is 0 Å². The van der Waals surface area contributed by atoms with Crippen molar-refractivity contribution in [2.75, 3.05) is 6.54 Å². The predicted molar refractivity (Wildman–Crippen MR) is 86.0 cm³/mol. The van der Waals surface area contributed by atoms with Gasteiger partial charge >= 0.3 is 12.2 Å². The average molecular weight is 386 g/mol. The van der Waals surface area contributed by atoms with Crippen LogP contribution in [0.2, 0.25) is 10.0 Å². The highest BCUT2D eigenvalue weighted by atomic mass is 35.5. The second-order valence-corrected chi connectivity index (χ2v) is 5.50. The summed E-state index contributed by atoms with van der Waals surface area (Å²) in [7, 11) is 0. The van der Waals surface area contributed by atoms with Crippen molar-refractivity contribution in [1.82, 2.24) is 10.6 Å². The molecule has 0 heterocycles. The highest BCUT2D eigenvalue weighted by Crippen LogP contribution is 2.40. The van der Waals surface area contributed by atoms with E-state index in [1.54, 1.807) is 13.8 Å². The number of nitrogens with two attached hydrogens (primary N) is 1. The third kappa shape index (κ3) is 6.10. The molecule has 0 aliphatic carbocycles. The molecule has 0 spiro atoms. The Morgan fingerprint density at radius 2 is 1.92 bits per heavy atom. The number of halogens is 5. The van der Waals surface area contributed by atoms with Crippen molar-refractivity contribution in [2.45, 2.75) is 26.3 Å². The normalized spacial score (nSPS) is 13.4. The third-order valence-corrected chi connectivity index (χ3v) is 3.20. The van der Waals surface area contributed by atoms with Crippen LogP contribution in [-0.2, 0) is 6.18 Å². The minimum absolute atomic E-state index is 0.180. The zero-order chi connectivity index (χ0) is 18.5. The fourth-order valence-corrected chi connectivity index (χ4v) is 2.25. The molecule has 2 amide bonds. The van der Waals surface area contributed by atoms with E-state index in [0.29, 0.717) is 24.4 Å². The fraction of sp³-hybridized carbons (Fsp3) is 0.357. The summed E-state index contributed by atoms with van der Waals surface area (Å²) in [6, 6.07) is 0.960. The van der Waals surface area contributed by atoms with Gasteiger partial charge in [-0.2, -0.15) is 13.2 Å². The van der Waals surface area contributed by atoms with E-state index in [1.807, 2.05) is 0 Å². The second-order valence-electron chi connectivity index (χ2n) is 4.68. The minimum Gasteiger partial charge on any atom is -0.469 e. The largest absolute Gasteiger partial charge is 0.469 e. The quantitative estimate of drug-likeness (QED) is 0.672. The molecule has 0 aromatic heterocycles. The van der Waals surface area contributed by atoms with E-state index < -0.39 is 24.0 Å². The van der Waals surface area contributed by atoms with Crippen LogP contribution in [0.25, 0.3) is 0 Å². The summed E-state index contributed by atoms with van der Waals surface area (Å²) in [6.45, 7) is 3.76. The smallest absolute Gasteiger partial charge is 0.416 e. The molecule has 5 nitrogen and oxygen atoms in total. The summed E-state index contributed by atoms with van der Waals surface area (Å²) >= 11 is 11.6. The maximum atomic E-state index is 12.7. The molecular weight excluding hydrogens is 370 g/mol. The first kappa shape index (κ1) is 20.4. The lowest BCUT2D eigenvalue weighted by Gasteiger charge is -2.17. The molecule has 134 valence electrons. The van der Waals surface area contributed by atoms with E-state index in [9.17, 15) is 18.0 Å². The molecule has 1 atom stereocenters. The molecule has 1 unspecified atom stereocenters. The Kier molecular flexibility index (Phi) is 7.19. The molecule has 0 aliphatic heterocycles. The van der Waals surface area contributed by atoms with E-state index in [1.165, 1.54) is 6.08 Å². The zero-order valence-electron chi connectivity index (χ0n) is 12.8. The van der Waals surface area contributed by atoms with Crippen molar-refractivity contribution in [3.63, 3.8) is 0 Å². The van der Waals surface area contributed by atoms with Crippen LogP contribution in [0.4, 0.5) is 18.0 Å². The lowest BCUT2D eigenvalue weighted by atomic mass is 10.2. The number of carbonyl (C=O) groups is 1. The molecule has 10 heteroatoms. The Morgan fingerprint density at radius 3 is 2.38 bits per heavy atom. The summed E-state index contributed by atoms with van der Waals surface area (Å²) in [5.41, 5.74) is 5.09. The summed E-state index contributed by atoms with van der Waals surface area (Å²) in [5, 5.41) is 4.36. The molecule has 1 rings (SSSR count). The number of nitrogens with one attached hydrogen (secondary N) is 2. The minimum atomic E-state index is -4.58. The Hall–Kier alpha value is -1.64. The van der Waals surface area contributed by atoms with Crippen LogP contribution in [-0.4, -0.2) is 18.8 Å². The van der Waals surface area contributed by atoms with E-state index in [0.717, 1.165) is 0 Å². The van der Waals surface area contributed by atoms with Gasteiger partial charge in [0.2, 0.25) is 0 Å². The summed E-state index contributed by atoms with van der Waals surface area (Å²) in [4.78, 5) is 11.3. The van der Waals surface area contributed by atoms with Crippen molar-refractivity contribution >= 4 is 29.2 Å². The van der Waals surface area contributed by atoms with Crippen LogP contribution >= 0.6 is 23.2 Å². The van der Waals surface area contributed by atoms with Gasteiger partial charge in [0.25, 0.3) is 0 Å². The van der Waals surface area contributed by atoms with Gasteiger partial charge in [0.15, 0.2) is 12.0 Å². The van der Waals surface area contributed by atoms with Gasteiger partial charge in [-0.1, -0.05) is 23.2 Å². The van der Waals surface area contributed by atoms with Crippen molar-refractivity contribution < 1.29 is 22.7 Å². The Bertz CT molecular complexity index is 613. The molecule has 0 fully saturated rings. The second kappa shape index (κ2) is 8.46. The number of urea groups is 1. The molecule has 4 N–H and O–H groups in total. The Labute approximate surface area is 146 Å². The number of alkyl halides is 3. The first-order valence-corrected chi connectivity index (χ1v) is 7.52. The Balaban J connectivity index is 2.87. The number of amides is 2. The molecule has 24 heavy (non-hydrogen) atoms. The molecule has 0 saturated heterocycles. The van der Waals surface area contributed by atoms with E-state index in [4.69, 9.17) is 33.7 Å². The lowest BCUT2D eigenvalue weighted by Crippen LogP contribution is -2.35. The van der Waals surface area contributed by atoms with Gasteiger partial charge in [-0.3, -0.25) is 5.73 Å². The van der Waals surface area contributed by atoms with Crippen molar-refractivity contribution in [3.05, 3.63) is 39.5 Å². The van der Waals surface area contributed by atoms with Crippen LogP contribution in [0.1, 0.15) is 19.4 Å². The number of hydrogen-bond acceptors (Lipinski definition) is 3. The summed E-state index contributed by atoms with van der Waals surface area (Å²) in [5.74, 6) is -0.180. The van der Waals surface area contributed by atoms with Crippen molar-refractivity contribution in [3.8, 4) is 5.75 Å². The fourth-order valence-electron chi connectivity index (χ4n) is 1.68. The summed E-state index contributed by atoms with van der Waals surface area (Å²) in [6.07, 6.45) is -4.32. The molecule has 0 aliphatic rings. The summed E-state index contributed by atoms with van der Waals surface area (Å²) < 4.78 is 43.2. The van der Waals surface area contributed by atoms with E-state index in [2.05, 4.69) is 10.6 Å². The van der Waals surface area contributed by atoms with Gasteiger partial charge in [-0.25, -0.2) is 4.79 Å². The number of allylic oxidation sites excluding steroid dienone is 1. The molecule has 0 saturated carbocycles. The maximum absolute atomic E-state index is 12.7. The number of ether oxygens (including phenoxy) is 1. The number of rotatable bonds is 5. The van der Waals surface area contributed by atoms with Crippen LogP contribution in [0.3, 0.4) is 0 Å². The first-order valence-electron chi connectivity index (χ1n) is 6.76. The zero-order valence-corrected chi connectivity index (χ0v) is 14.3. The van der Waals surface area contributed by atoms with Crippen LogP contribution < -0.4 is 21.1 Å². The molecule has 0 bridgehead atoms. The number of hydrogen-bond donors (Lipinski definition) is 3. The average Bonchev–Trinajstić information content (AvgIpc) is 2.41. The highest BCUT2D eigenvalue weighted by Gasteiger charge is 2.32. The first-order chi connectivity index (χ1) is 11.0. The molecule has 0 radical (unpaired) electrons. The van der Waals surface area contributed by atoms with E-state index in [-0.39, 0.29) is 15.8 Å². The highest BCUT2D eigenvalue weighted by molar-refractivity contribution is 6.37. The van der Waals surface area contributed by atoms with Crippen LogP contribution in [0.5, 0.6) is 5.75 Å². The van der Waals surface area contributed by atoms with Gasteiger partial charge in [0.1, 0.15) is 0 Å². The van der Waals surface area contributed by atoms with Crippen LogP contribution in [0.15, 0.2) is 23.9 Å². The number of carbonyl (C=O) groups excluding carboxylic acids is 1. The Morgan fingerprint density at radius 1 is 1.38 bits per heavy atom. The van der Waals surface area contributed by atoms with Gasteiger partial charge < -0.3 is 15.4 Å². The lowest BCUT2D eigenvalue weighted by molar-refractivity contribution is -0.137. The molecule has 1 aromatic carbocycles. The van der Waals surface area contributed by atoms with Gasteiger partial charge in [0.05, 0.1) is 15.6 Å². The SMILES string of the molecule is CCNC(=O)N/C(C)=C\C(N)Oc1c(Cl)cc(C(F)(F)F)cc1Cl. The third-order valence-electron chi connectivity index (χ3n) is 2.64. The van der Waals surface area contributed by atoms with Gasteiger partial charge in [-0.05, 0) is 32.1 Å². The van der Waals surface area contributed by atoms with Gasteiger partial charge in [-0.15, -0.1) is 0 Å². The standard InChI is InChI=1S/C14H16Cl2F3N3O2/c1-3-21-13(23)22-7(2)4-11(20)24-12-9(15)5-8(6-10(12)16)14(17,18)19/h4-6,11H,3,20H2,1-2H3,(H2,21,22,23)/b7-4-. The molecule has 1 aromatic rings. The van der Waals surface area contributed by atoms with E-state index >= 15 is 0 Å². The number of benzene rings is 1.